The zero-order chi connectivity index (χ0) is 14.1. The van der Waals surface area contributed by atoms with Crippen molar-refractivity contribution in [2.45, 2.75) is 12.6 Å². The molecule has 0 aliphatic carbocycles. The first-order valence-corrected chi connectivity index (χ1v) is 4.21. The van der Waals surface area contributed by atoms with Gasteiger partial charge in [-0.25, -0.2) is 0 Å². The fourth-order valence-corrected chi connectivity index (χ4v) is 1.18. The van der Waals surface area contributed by atoms with E-state index in [0.29, 0.717) is 6.07 Å². The van der Waals surface area contributed by atoms with Crippen LogP contribution >= 0.6 is 0 Å². The summed E-state index contributed by atoms with van der Waals surface area (Å²) in [7, 11) is 0. The predicted molar refractivity (Wildman–Crippen MR) is 47.7 cm³/mol. The van der Waals surface area contributed by atoms with Crippen LogP contribution in [0.3, 0.4) is 0 Å². The van der Waals surface area contributed by atoms with Crippen LogP contribution in [0, 0.1) is 10.1 Å². The maximum absolute atomic E-state index is 12.3. The van der Waals surface area contributed by atoms with Crippen molar-refractivity contribution in [1.82, 2.24) is 0 Å². The van der Waals surface area contributed by atoms with Crippen LogP contribution in [0.5, 0.6) is 0 Å². The highest BCUT2D eigenvalue weighted by Gasteiger charge is 2.54. The Hall–Kier alpha value is -2.00. The summed E-state index contributed by atoms with van der Waals surface area (Å²) in [5.41, 5.74) is -2.24. The second-order valence-electron chi connectivity index (χ2n) is 3.05. The van der Waals surface area contributed by atoms with Crippen LogP contribution in [-0.2, 0) is 0 Å². The van der Waals surface area contributed by atoms with Crippen molar-refractivity contribution in [3.8, 4) is 0 Å². The maximum atomic E-state index is 12.3. The van der Waals surface area contributed by atoms with Gasteiger partial charge in [-0.15, -0.1) is 26.3 Å². The molecule has 0 radical (unpaired) electrons. The third kappa shape index (κ3) is 3.02. The van der Waals surface area contributed by atoms with Gasteiger partial charge in [0.2, 0.25) is 0 Å². The molecule has 100 valence electrons. The van der Waals surface area contributed by atoms with Crippen molar-refractivity contribution in [3.63, 3.8) is 0 Å². The molecule has 0 heterocycles. The zero-order valence-corrected chi connectivity index (χ0v) is 8.29. The van der Waals surface area contributed by atoms with E-state index in [1.807, 2.05) is 0 Å². The molecule has 0 amide bonds. The average Bonchev–Trinajstić information content (AvgIpc) is 2.13. The Bertz CT molecular complexity index is 442. The van der Waals surface area contributed by atoms with Gasteiger partial charge in [-0.05, 0) is 6.07 Å². The minimum atomic E-state index is -5.73. The number of nitrogens with zero attached hydrogens (tertiary/aromatic N) is 2. The molecule has 0 fully saturated rings. The second-order valence-corrected chi connectivity index (χ2v) is 3.05. The summed E-state index contributed by atoms with van der Waals surface area (Å²) in [5.74, 6) is 0. The quantitative estimate of drug-likeness (QED) is 0.359. The number of hydrogen-bond acceptors (Lipinski definition) is 3. The van der Waals surface area contributed by atoms with Crippen LogP contribution in [0.4, 0.5) is 37.7 Å². The number of non-ortho nitro benzene ring substituents is 1. The fraction of sp³-hybridized carbons (Fsp3) is 0.250. The smallest absolute Gasteiger partial charge is 0.258 e. The first-order valence-electron chi connectivity index (χ1n) is 4.21. The average molecular weight is 274 g/mol. The first-order chi connectivity index (χ1) is 8.03. The molecule has 0 saturated heterocycles. The van der Waals surface area contributed by atoms with Crippen molar-refractivity contribution < 1.29 is 31.3 Å². The molecule has 0 N–H and O–H groups in total. The second kappa shape index (κ2) is 4.35. The van der Waals surface area contributed by atoms with Gasteiger partial charge in [0.1, 0.15) is 0 Å². The molecule has 18 heavy (non-hydrogen) atoms. The van der Waals surface area contributed by atoms with Crippen LogP contribution in [0.1, 0.15) is 0 Å². The molecule has 0 atom stereocenters. The topological polar surface area (TPSA) is 46.4 Å². The lowest BCUT2D eigenvalue weighted by Gasteiger charge is -2.28. The number of halogens is 6. The third-order valence-corrected chi connectivity index (χ3v) is 1.81. The summed E-state index contributed by atoms with van der Waals surface area (Å²) in [6.45, 7) is 0. The van der Waals surface area contributed by atoms with E-state index in [-0.39, 0.29) is 6.07 Å². The summed E-state index contributed by atoms with van der Waals surface area (Å²) in [6.07, 6.45) is -11.5. The summed E-state index contributed by atoms with van der Waals surface area (Å²) in [5, 5.41) is 10.3. The molecule has 0 aliphatic heterocycles. The summed E-state index contributed by atoms with van der Waals surface area (Å²) < 4.78 is 73.6. The van der Waals surface area contributed by atoms with Crippen LogP contribution in [0.2, 0.25) is 0 Å². The van der Waals surface area contributed by atoms with E-state index in [4.69, 9.17) is 0 Å². The minimum Gasteiger partial charge on any atom is -0.258 e. The largest absolute Gasteiger partial charge is 0.491 e. The number of anilines is 1. The molecule has 0 spiro atoms. The van der Waals surface area contributed by atoms with E-state index in [1.165, 1.54) is 0 Å². The molecule has 0 saturated carbocycles. The van der Waals surface area contributed by atoms with E-state index in [1.54, 1.807) is 0 Å². The number of nitro benzene ring substituents is 1. The van der Waals surface area contributed by atoms with Crippen molar-refractivity contribution >= 4 is 11.4 Å². The van der Waals surface area contributed by atoms with E-state index < -0.39 is 33.8 Å². The van der Waals surface area contributed by atoms with Crippen LogP contribution < -0.4 is 4.90 Å². The normalized spacial score (nSPS) is 12.3. The number of rotatable bonds is 2. The van der Waals surface area contributed by atoms with Gasteiger partial charge in [0.25, 0.3) is 5.69 Å². The summed E-state index contributed by atoms with van der Waals surface area (Å²) in [6, 6.07) is 2.20. The minimum absolute atomic E-state index is 0.195. The van der Waals surface area contributed by atoms with Crippen molar-refractivity contribution in [3.05, 3.63) is 34.4 Å². The van der Waals surface area contributed by atoms with Gasteiger partial charge in [-0.1, -0.05) is 6.07 Å². The van der Waals surface area contributed by atoms with E-state index in [2.05, 4.69) is 0 Å². The predicted octanol–water partition coefficient (Wildman–Crippen LogP) is 3.44. The van der Waals surface area contributed by atoms with Gasteiger partial charge in [0.05, 0.1) is 10.6 Å². The number of hydrogen-bond donors (Lipinski definition) is 0. The van der Waals surface area contributed by atoms with Gasteiger partial charge in [0, 0.05) is 12.1 Å². The zero-order valence-electron chi connectivity index (χ0n) is 8.29. The molecule has 0 bridgehead atoms. The lowest BCUT2D eigenvalue weighted by Crippen LogP contribution is -2.48. The standard InChI is InChI=1S/C8H4F6N2O2/c9-7(10,11)15(8(12,13)14)5-2-1-3-6(4-5)16(17)18/h1-4H. The molecule has 0 unspecified atom stereocenters. The van der Waals surface area contributed by atoms with Gasteiger partial charge in [-0.3, -0.25) is 10.1 Å². The molecule has 0 aromatic heterocycles. The molecule has 0 aliphatic rings. The molecule has 1 aromatic rings. The highest BCUT2D eigenvalue weighted by Crippen LogP contribution is 2.39. The summed E-state index contributed by atoms with van der Waals surface area (Å²) in [4.78, 5) is 7.41. The van der Waals surface area contributed by atoms with Gasteiger partial charge < -0.3 is 0 Å². The van der Waals surface area contributed by atoms with Gasteiger partial charge in [0.15, 0.2) is 0 Å². The SMILES string of the molecule is O=[N+]([O-])c1cccc(N(C(F)(F)F)C(F)(F)F)c1. The Morgan fingerprint density at radius 2 is 1.56 bits per heavy atom. The molecule has 1 aromatic carbocycles. The Balaban J connectivity index is 3.31. The maximum Gasteiger partial charge on any atom is 0.491 e. The number of alkyl halides is 6. The lowest BCUT2D eigenvalue weighted by atomic mass is 10.2. The van der Waals surface area contributed by atoms with Crippen molar-refractivity contribution in [1.29, 1.82) is 0 Å². The molecule has 1 rings (SSSR count). The highest BCUT2D eigenvalue weighted by molar-refractivity contribution is 5.54. The van der Waals surface area contributed by atoms with Crippen LogP contribution in [0.15, 0.2) is 24.3 Å². The fourth-order valence-electron chi connectivity index (χ4n) is 1.18. The van der Waals surface area contributed by atoms with Crippen molar-refractivity contribution in [2.24, 2.45) is 0 Å². The van der Waals surface area contributed by atoms with Gasteiger partial charge in [-0.2, -0.15) is 4.90 Å². The molecular weight excluding hydrogens is 270 g/mol. The first kappa shape index (κ1) is 14.1. The van der Waals surface area contributed by atoms with E-state index in [0.717, 1.165) is 12.1 Å². The van der Waals surface area contributed by atoms with Crippen molar-refractivity contribution in [2.75, 3.05) is 4.90 Å². The monoisotopic (exact) mass is 274 g/mol. The molecular formula is C8H4F6N2O2. The highest BCUT2D eigenvalue weighted by atomic mass is 19.4. The Labute approximate surface area is 95.6 Å². The van der Waals surface area contributed by atoms with Crippen LogP contribution in [0.25, 0.3) is 0 Å². The van der Waals surface area contributed by atoms with E-state index >= 15 is 0 Å². The lowest BCUT2D eigenvalue weighted by molar-refractivity contribution is -0.384. The number of nitro groups is 1. The third-order valence-electron chi connectivity index (χ3n) is 1.81. The van der Waals surface area contributed by atoms with Gasteiger partial charge >= 0.3 is 12.6 Å². The Morgan fingerprint density at radius 3 is 1.94 bits per heavy atom. The van der Waals surface area contributed by atoms with E-state index in [9.17, 15) is 36.5 Å². The number of benzene rings is 1. The Kier molecular flexibility index (Phi) is 3.40. The Morgan fingerprint density at radius 1 is 1.06 bits per heavy atom. The molecule has 4 nitrogen and oxygen atoms in total. The molecule has 10 heteroatoms. The van der Waals surface area contributed by atoms with Crippen LogP contribution in [-0.4, -0.2) is 17.5 Å². The summed E-state index contributed by atoms with van der Waals surface area (Å²) >= 11 is 0.